The number of aromatic nitrogens is 1. The number of amides is 3. The van der Waals surface area contributed by atoms with E-state index in [1.807, 2.05) is 47.4 Å². The predicted molar refractivity (Wildman–Crippen MR) is 132 cm³/mol. The standard InChI is InChI=1S/C26H28N4O2S/c31-24(20-10-1-2-11-21(20)25-29-22-12-3-4-13-23(22)33-25)27-17-18-8-7-9-19(16-18)28-26(32)30-14-5-6-15-30/h1-4,7-9,12-13,16,20-21H,5-6,10-11,14-15,17H2,(H,27,31)(H,28,32). The van der Waals surface area contributed by atoms with Crippen LogP contribution < -0.4 is 10.6 Å². The van der Waals surface area contributed by atoms with Crippen LogP contribution in [-0.2, 0) is 11.3 Å². The molecule has 0 bridgehead atoms. The Morgan fingerprint density at radius 1 is 1.03 bits per heavy atom. The summed E-state index contributed by atoms with van der Waals surface area (Å²) >= 11 is 1.69. The molecular formula is C26H28N4O2S. The van der Waals surface area contributed by atoms with Crippen LogP contribution in [0, 0.1) is 5.92 Å². The van der Waals surface area contributed by atoms with E-state index in [1.54, 1.807) is 11.3 Å². The van der Waals surface area contributed by atoms with Crippen molar-refractivity contribution in [1.82, 2.24) is 15.2 Å². The predicted octanol–water partition coefficient (Wildman–Crippen LogP) is 5.29. The van der Waals surface area contributed by atoms with Crippen molar-refractivity contribution in [3.05, 3.63) is 71.3 Å². The second-order valence-electron chi connectivity index (χ2n) is 8.72. The average Bonchev–Trinajstić information content (AvgIpc) is 3.53. The molecule has 2 aromatic carbocycles. The van der Waals surface area contributed by atoms with Crippen LogP contribution in [0.3, 0.4) is 0 Å². The fourth-order valence-electron chi connectivity index (χ4n) is 4.63. The number of para-hydroxylation sites is 1. The summed E-state index contributed by atoms with van der Waals surface area (Å²) in [6.45, 7) is 2.06. The molecular weight excluding hydrogens is 432 g/mol. The molecule has 3 aromatic rings. The van der Waals surface area contributed by atoms with Crippen LogP contribution in [0.5, 0.6) is 0 Å². The summed E-state index contributed by atoms with van der Waals surface area (Å²) < 4.78 is 1.16. The minimum atomic E-state index is -0.131. The number of carbonyl (C=O) groups excluding carboxylic acids is 2. The molecule has 2 unspecified atom stereocenters. The highest BCUT2D eigenvalue weighted by atomic mass is 32.1. The minimum absolute atomic E-state index is 0.0510. The molecule has 7 heteroatoms. The number of hydrogen-bond acceptors (Lipinski definition) is 4. The van der Waals surface area contributed by atoms with Gasteiger partial charge < -0.3 is 15.5 Å². The maximum absolute atomic E-state index is 13.2. The molecule has 0 radical (unpaired) electrons. The van der Waals surface area contributed by atoms with Gasteiger partial charge in [0.05, 0.1) is 21.1 Å². The van der Waals surface area contributed by atoms with E-state index in [-0.39, 0.29) is 23.8 Å². The van der Waals surface area contributed by atoms with Gasteiger partial charge in [0.1, 0.15) is 0 Å². The molecule has 2 N–H and O–H groups in total. The number of likely N-dealkylation sites (tertiary alicyclic amines) is 1. The highest BCUT2D eigenvalue weighted by Gasteiger charge is 2.32. The smallest absolute Gasteiger partial charge is 0.321 e. The van der Waals surface area contributed by atoms with Gasteiger partial charge in [-0.25, -0.2) is 9.78 Å². The lowest BCUT2D eigenvalue weighted by Crippen LogP contribution is -2.34. The van der Waals surface area contributed by atoms with Crippen LogP contribution in [0.15, 0.2) is 60.7 Å². The Hall–Kier alpha value is -3.19. The third-order valence-corrected chi connectivity index (χ3v) is 7.60. The number of anilines is 1. The van der Waals surface area contributed by atoms with Crippen LogP contribution in [0.1, 0.15) is 42.2 Å². The van der Waals surface area contributed by atoms with E-state index in [9.17, 15) is 9.59 Å². The molecule has 2 heterocycles. The van der Waals surface area contributed by atoms with Crippen molar-refractivity contribution in [3.63, 3.8) is 0 Å². The molecule has 1 aliphatic carbocycles. The molecule has 33 heavy (non-hydrogen) atoms. The molecule has 2 atom stereocenters. The number of carbonyl (C=O) groups is 2. The SMILES string of the molecule is O=C(NCc1cccc(NC(=O)N2CCCC2)c1)C1CC=CCC1c1nc2ccccc2s1. The Labute approximate surface area is 197 Å². The van der Waals surface area contributed by atoms with Gasteiger partial charge in [0, 0.05) is 31.2 Å². The Morgan fingerprint density at radius 2 is 1.85 bits per heavy atom. The number of urea groups is 1. The molecule has 0 saturated carbocycles. The monoisotopic (exact) mass is 460 g/mol. The fourth-order valence-corrected chi connectivity index (χ4v) is 5.77. The molecule has 5 rings (SSSR count). The lowest BCUT2D eigenvalue weighted by molar-refractivity contribution is -0.125. The van der Waals surface area contributed by atoms with E-state index in [1.165, 1.54) is 0 Å². The number of nitrogens with zero attached hydrogens (tertiary/aromatic N) is 2. The second-order valence-corrected chi connectivity index (χ2v) is 9.78. The number of allylic oxidation sites excluding steroid dienone is 2. The zero-order valence-corrected chi connectivity index (χ0v) is 19.3. The van der Waals surface area contributed by atoms with Crippen LogP contribution in [0.25, 0.3) is 10.2 Å². The van der Waals surface area contributed by atoms with Crippen LogP contribution in [-0.4, -0.2) is 34.9 Å². The molecule has 1 saturated heterocycles. The van der Waals surface area contributed by atoms with Crippen molar-refractivity contribution in [1.29, 1.82) is 0 Å². The largest absolute Gasteiger partial charge is 0.352 e. The summed E-state index contributed by atoms with van der Waals surface area (Å²) in [5.74, 6) is 0.0159. The number of hydrogen-bond donors (Lipinski definition) is 2. The lowest BCUT2D eigenvalue weighted by Gasteiger charge is -2.26. The van der Waals surface area contributed by atoms with Gasteiger partial charge in [-0.15, -0.1) is 11.3 Å². The number of fused-ring (bicyclic) bond motifs is 1. The van der Waals surface area contributed by atoms with Crippen LogP contribution in [0.4, 0.5) is 10.5 Å². The van der Waals surface area contributed by atoms with Crippen LogP contribution >= 0.6 is 11.3 Å². The molecule has 6 nitrogen and oxygen atoms in total. The van der Waals surface area contributed by atoms with E-state index >= 15 is 0 Å². The minimum Gasteiger partial charge on any atom is -0.352 e. The van der Waals surface area contributed by atoms with Gasteiger partial charge in [0.25, 0.3) is 0 Å². The van der Waals surface area contributed by atoms with Crippen molar-refractivity contribution in [2.75, 3.05) is 18.4 Å². The van der Waals surface area contributed by atoms with Gasteiger partial charge in [-0.1, -0.05) is 36.4 Å². The average molecular weight is 461 g/mol. The molecule has 1 aromatic heterocycles. The van der Waals surface area contributed by atoms with E-state index in [0.717, 1.165) is 65.2 Å². The maximum Gasteiger partial charge on any atom is 0.321 e. The van der Waals surface area contributed by atoms with E-state index < -0.39 is 0 Å². The molecule has 3 amide bonds. The first-order valence-corrected chi connectivity index (χ1v) is 12.4. The van der Waals surface area contributed by atoms with E-state index in [4.69, 9.17) is 4.98 Å². The van der Waals surface area contributed by atoms with Gasteiger partial charge in [0.2, 0.25) is 5.91 Å². The van der Waals surface area contributed by atoms with Gasteiger partial charge in [-0.05, 0) is 55.5 Å². The zero-order chi connectivity index (χ0) is 22.6. The van der Waals surface area contributed by atoms with Crippen molar-refractivity contribution in [2.24, 2.45) is 5.92 Å². The quantitative estimate of drug-likeness (QED) is 0.508. The number of thiazole rings is 1. The third-order valence-electron chi connectivity index (χ3n) is 6.44. The van der Waals surface area contributed by atoms with Gasteiger partial charge in [0.15, 0.2) is 0 Å². The van der Waals surface area contributed by atoms with Crippen molar-refractivity contribution < 1.29 is 9.59 Å². The lowest BCUT2D eigenvalue weighted by atomic mass is 9.82. The van der Waals surface area contributed by atoms with Gasteiger partial charge in [-0.2, -0.15) is 0 Å². The van der Waals surface area contributed by atoms with Crippen molar-refractivity contribution in [2.45, 2.75) is 38.1 Å². The Morgan fingerprint density at radius 3 is 2.70 bits per heavy atom. The first kappa shape index (κ1) is 21.6. The number of benzene rings is 2. The Bertz CT molecular complexity index is 1150. The second kappa shape index (κ2) is 9.75. The zero-order valence-electron chi connectivity index (χ0n) is 18.5. The molecule has 170 valence electrons. The summed E-state index contributed by atoms with van der Waals surface area (Å²) in [4.78, 5) is 32.2. The fraction of sp³-hybridized carbons (Fsp3) is 0.346. The topological polar surface area (TPSA) is 74.3 Å². The molecule has 1 aliphatic heterocycles. The van der Waals surface area contributed by atoms with Crippen molar-refractivity contribution >= 4 is 39.2 Å². The van der Waals surface area contributed by atoms with Gasteiger partial charge in [-0.3, -0.25) is 4.79 Å². The number of rotatable bonds is 5. The summed E-state index contributed by atoms with van der Waals surface area (Å²) in [6.07, 6.45) is 7.94. The van der Waals surface area contributed by atoms with E-state index in [0.29, 0.717) is 6.54 Å². The number of nitrogens with one attached hydrogen (secondary N) is 2. The normalized spacial score (nSPS) is 20.2. The summed E-state index contributed by atoms with van der Waals surface area (Å²) in [5, 5.41) is 7.13. The van der Waals surface area contributed by atoms with E-state index in [2.05, 4.69) is 28.9 Å². The summed E-state index contributed by atoms with van der Waals surface area (Å²) in [6, 6.07) is 15.8. The molecule has 1 fully saturated rings. The van der Waals surface area contributed by atoms with Crippen molar-refractivity contribution in [3.8, 4) is 0 Å². The van der Waals surface area contributed by atoms with Gasteiger partial charge >= 0.3 is 6.03 Å². The highest BCUT2D eigenvalue weighted by Crippen LogP contribution is 2.38. The summed E-state index contributed by atoms with van der Waals surface area (Å²) in [5.41, 5.74) is 2.72. The molecule has 0 spiro atoms. The Kier molecular flexibility index (Phi) is 6.39. The van der Waals surface area contributed by atoms with Crippen LogP contribution in [0.2, 0.25) is 0 Å². The third kappa shape index (κ3) is 4.93. The summed E-state index contributed by atoms with van der Waals surface area (Å²) in [7, 11) is 0. The first-order chi connectivity index (χ1) is 16.2. The Balaban J connectivity index is 1.23. The first-order valence-electron chi connectivity index (χ1n) is 11.6. The molecule has 2 aliphatic rings. The maximum atomic E-state index is 13.2. The highest BCUT2D eigenvalue weighted by molar-refractivity contribution is 7.18.